The van der Waals surface area contributed by atoms with Gasteiger partial charge in [0, 0.05) is 43.9 Å². The van der Waals surface area contributed by atoms with E-state index < -0.39 is 17.7 Å². The maximum Gasteiger partial charge on any atom is 0.416 e. The summed E-state index contributed by atoms with van der Waals surface area (Å²) in [6, 6.07) is 15.8. The number of hydrogen-bond donors (Lipinski definition) is 0. The van der Waals surface area contributed by atoms with Crippen molar-refractivity contribution in [3.05, 3.63) is 83.3 Å². The van der Waals surface area contributed by atoms with Crippen LogP contribution in [-0.2, 0) is 16.0 Å². The first-order valence-electron chi connectivity index (χ1n) is 12.9. The van der Waals surface area contributed by atoms with E-state index in [4.69, 9.17) is 14.5 Å². The first-order valence-corrected chi connectivity index (χ1v) is 12.9. The topological polar surface area (TPSA) is 102 Å². The summed E-state index contributed by atoms with van der Waals surface area (Å²) in [5.74, 6) is 0.505. The van der Waals surface area contributed by atoms with Gasteiger partial charge in [-0.3, -0.25) is 4.90 Å². The number of nitrogens with zero attached hydrogens (tertiary/aromatic N) is 6. The highest BCUT2D eigenvalue weighted by molar-refractivity contribution is 5.96. The van der Waals surface area contributed by atoms with Crippen molar-refractivity contribution in [1.29, 1.82) is 0 Å². The molecule has 202 valence electrons. The van der Waals surface area contributed by atoms with Gasteiger partial charge in [0.2, 0.25) is 0 Å². The Morgan fingerprint density at radius 3 is 2.62 bits per heavy atom. The predicted molar refractivity (Wildman–Crippen MR) is 147 cm³/mol. The van der Waals surface area contributed by atoms with E-state index in [2.05, 4.69) is 27.1 Å². The molecule has 4 heterocycles. The number of aromatic nitrogens is 4. The SMILES string of the molecule is CCOC(=O)c1cnn2c(N(C)Cc3ccccc3)cc(C3CN(C(=O)OC(C)(C)C)c4ncccc43)nc12. The number of fused-ring (bicyclic) bond motifs is 2. The van der Waals surface area contributed by atoms with E-state index in [1.807, 2.05) is 64.2 Å². The summed E-state index contributed by atoms with van der Waals surface area (Å²) in [6.45, 7) is 8.41. The number of anilines is 2. The molecule has 1 aliphatic heterocycles. The summed E-state index contributed by atoms with van der Waals surface area (Å²) in [6.07, 6.45) is 2.68. The fourth-order valence-electron chi connectivity index (χ4n) is 4.71. The average Bonchev–Trinajstić information content (AvgIpc) is 3.50. The summed E-state index contributed by atoms with van der Waals surface area (Å²) in [5.41, 5.74) is 2.68. The first-order chi connectivity index (χ1) is 18.7. The third-order valence-corrected chi connectivity index (χ3v) is 6.41. The molecule has 1 amide bonds. The molecule has 10 heteroatoms. The van der Waals surface area contributed by atoms with Crippen LogP contribution in [0.2, 0.25) is 0 Å². The van der Waals surface area contributed by atoms with Crippen LogP contribution >= 0.6 is 0 Å². The molecule has 39 heavy (non-hydrogen) atoms. The van der Waals surface area contributed by atoms with Crippen LogP contribution < -0.4 is 9.80 Å². The van der Waals surface area contributed by atoms with E-state index in [0.717, 1.165) is 16.9 Å². The Hall–Kier alpha value is -4.47. The van der Waals surface area contributed by atoms with Gasteiger partial charge in [0.15, 0.2) is 5.65 Å². The minimum atomic E-state index is -0.652. The van der Waals surface area contributed by atoms with Gasteiger partial charge in [-0.05, 0) is 39.3 Å². The molecule has 0 N–H and O–H groups in total. The highest BCUT2D eigenvalue weighted by Crippen LogP contribution is 2.40. The second-order valence-corrected chi connectivity index (χ2v) is 10.5. The van der Waals surface area contributed by atoms with Gasteiger partial charge in [-0.25, -0.2) is 19.6 Å². The summed E-state index contributed by atoms with van der Waals surface area (Å²) in [5, 5.41) is 4.49. The summed E-state index contributed by atoms with van der Waals surface area (Å²) in [7, 11) is 1.97. The molecule has 0 radical (unpaired) electrons. The lowest BCUT2D eigenvalue weighted by molar-refractivity contribution is 0.0526. The highest BCUT2D eigenvalue weighted by atomic mass is 16.6. The van der Waals surface area contributed by atoms with Gasteiger partial charge < -0.3 is 14.4 Å². The maximum absolute atomic E-state index is 13.1. The molecule has 3 aromatic heterocycles. The van der Waals surface area contributed by atoms with E-state index in [1.165, 1.54) is 6.20 Å². The molecule has 1 unspecified atom stereocenters. The van der Waals surface area contributed by atoms with Crippen LogP contribution in [0, 0.1) is 0 Å². The zero-order chi connectivity index (χ0) is 27.7. The monoisotopic (exact) mass is 528 g/mol. The van der Waals surface area contributed by atoms with Crippen molar-refractivity contribution in [2.24, 2.45) is 0 Å². The van der Waals surface area contributed by atoms with Gasteiger partial charge >= 0.3 is 12.1 Å². The molecule has 10 nitrogen and oxygen atoms in total. The molecule has 1 aliphatic rings. The number of carbonyl (C=O) groups excluding carboxylic acids is 2. The maximum atomic E-state index is 13.1. The number of benzene rings is 1. The van der Waals surface area contributed by atoms with Crippen molar-refractivity contribution >= 4 is 29.3 Å². The zero-order valence-electron chi connectivity index (χ0n) is 22.8. The predicted octanol–water partition coefficient (Wildman–Crippen LogP) is 4.82. The Morgan fingerprint density at radius 2 is 1.90 bits per heavy atom. The quantitative estimate of drug-likeness (QED) is 0.328. The number of ether oxygens (including phenoxy) is 2. The first kappa shape index (κ1) is 26.1. The minimum Gasteiger partial charge on any atom is -0.462 e. The number of rotatable bonds is 6. The van der Waals surface area contributed by atoms with Gasteiger partial charge in [0.1, 0.15) is 22.8 Å². The molecule has 0 fully saturated rings. The lowest BCUT2D eigenvalue weighted by Gasteiger charge is -2.24. The number of carbonyl (C=O) groups is 2. The Labute approximate surface area is 227 Å². The second kappa shape index (κ2) is 10.4. The van der Waals surface area contributed by atoms with Crippen LogP contribution in [-0.4, -0.2) is 57.4 Å². The van der Waals surface area contributed by atoms with Crippen LogP contribution in [0.4, 0.5) is 16.4 Å². The van der Waals surface area contributed by atoms with Gasteiger partial charge in [-0.2, -0.15) is 9.61 Å². The molecule has 1 aromatic carbocycles. The smallest absolute Gasteiger partial charge is 0.416 e. The second-order valence-electron chi connectivity index (χ2n) is 10.5. The largest absolute Gasteiger partial charge is 0.462 e. The molecular formula is C29H32N6O4. The lowest BCUT2D eigenvalue weighted by Crippen LogP contribution is -2.36. The van der Waals surface area contributed by atoms with Gasteiger partial charge in [-0.1, -0.05) is 36.4 Å². The number of esters is 1. The van der Waals surface area contributed by atoms with Crippen molar-refractivity contribution < 1.29 is 19.1 Å². The average molecular weight is 529 g/mol. The Balaban J connectivity index is 1.61. The Kier molecular flexibility index (Phi) is 6.94. The van der Waals surface area contributed by atoms with Gasteiger partial charge in [-0.15, -0.1) is 0 Å². The lowest BCUT2D eigenvalue weighted by atomic mass is 9.99. The molecular weight excluding hydrogens is 496 g/mol. The van der Waals surface area contributed by atoms with E-state index in [1.54, 1.807) is 22.5 Å². The van der Waals surface area contributed by atoms with Crippen molar-refractivity contribution in [2.45, 2.75) is 45.8 Å². The van der Waals surface area contributed by atoms with E-state index in [-0.39, 0.29) is 18.1 Å². The van der Waals surface area contributed by atoms with Crippen LogP contribution in [0.25, 0.3) is 5.65 Å². The molecule has 0 spiro atoms. The third-order valence-electron chi connectivity index (χ3n) is 6.41. The normalized spacial score (nSPS) is 14.8. The van der Waals surface area contributed by atoms with Crippen molar-refractivity contribution in [1.82, 2.24) is 19.6 Å². The van der Waals surface area contributed by atoms with Crippen LogP contribution in [0.5, 0.6) is 0 Å². The fourth-order valence-corrected chi connectivity index (χ4v) is 4.71. The molecule has 0 saturated carbocycles. The van der Waals surface area contributed by atoms with Crippen molar-refractivity contribution in [3.8, 4) is 0 Å². The Morgan fingerprint density at radius 1 is 1.13 bits per heavy atom. The van der Waals surface area contributed by atoms with Crippen LogP contribution in [0.3, 0.4) is 0 Å². The molecule has 0 aliphatic carbocycles. The fraction of sp³-hybridized carbons (Fsp3) is 0.345. The highest BCUT2D eigenvalue weighted by Gasteiger charge is 2.38. The summed E-state index contributed by atoms with van der Waals surface area (Å²) < 4.78 is 12.6. The molecule has 5 rings (SSSR count). The number of pyridine rings is 1. The van der Waals surface area contributed by atoms with E-state index in [9.17, 15) is 9.59 Å². The van der Waals surface area contributed by atoms with Crippen LogP contribution in [0.1, 0.15) is 60.8 Å². The summed E-state index contributed by atoms with van der Waals surface area (Å²) in [4.78, 5) is 38.9. The van der Waals surface area contributed by atoms with Gasteiger partial charge in [0.05, 0.1) is 18.5 Å². The Bertz CT molecular complexity index is 1510. The van der Waals surface area contributed by atoms with Crippen molar-refractivity contribution in [3.63, 3.8) is 0 Å². The minimum absolute atomic E-state index is 0.239. The van der Waals surface area contributed by atoms with Crippen molar-refractivity contribution in [2.75, 3.05) is 30.0 Å². The number of amides is 1. The number of hydrogen-bond acceptors (Lipinski definition) is 8. The third kappa shape index (κ3) is 5.27. The van der Waals surface area contributed by atoms with Crippen LogP contribution in [0.15, 0.2) is 60.9 Å². The summed E-state index contributed by atoms with van der Waals surface area (Å²) >= 11 is 0. The molecule has 4 aromatic rings. The molecule has 1 atom stereocenters. The molecule has 0 bridgehead atoms. The van der Waals surface area contributed by atoms with E-state index in [0.29, 0.717) is 30.2 Å². The standard InChI is InChI=1S/C29H32N6O4/c1-6-38-27(36)21-16-31-35-24(33(5)17-19-11-8-7-9-12-19)15-23(32-26(21)35)22-18-34(28(37)39-29(2,3)4)25-20(22)13-10-14-30-25/h7-16,22H,6,17-18H2,1-5H3. The van der Waals surface area contributed by atoms with E-state index >= 15 is 0 Å². The zero-order valence-corrected chi connectivity index (χ0v) is 22.8. The molecule has 0 saturated heterocycles. The van der Waals surface area contributed by atoms with Gasteiger partial charge in [0.25, 0.3) is 0 Å².